The first kappa shape index (κ1) is 20.5. The summed E-state index contributed by atoms with van der Waals surface area (Å²) in [7, 11) is 0. The number of nitrogens with one attached hydrogen (secondary N) is 1. The van der Waals surface area contributed by atoms with E-state index in [-0.39, 0.29) is 11.8 Å². The molecule has 2 aliphatic heterocycles. The zero-order valence-corrected chi connectivity index (χ0v) is 18.2. The highest BCUT2D eigenvalue weighted by molar-refractivity contribution is 6.07. The molecule has 0 bridgehead atoms. The number of para-hydroxylation sites is 1. The quantitative estimate of drug-likeness (QED) is 0.766. The highest BCUT2D eigenvalue weighted by atomic mass is 16.5. The maximum absolute atomic E-state index is 13.4. The number of hydrogen-bond donors (Lipinski definition) is 1. The highest BCUT2D eigenvalue weighted by Crippen LogP contribution is 2.30. The molecule has 5 rings (SSSR count). The van der Waals surface area contributed by atoms with E-state index in [1.165, 1.54) is 35.9 Å². The van der Waals surface area contributed by atoms with Crippen LogP contribution in [0.3, 0.4) is 0 Å². The number of piperazine rings is 1. The Balaban J connectivity index is 1.25. The monoisotopic (exact) mass is 424 g/mol. The normalized spacial score (nSPS) is 20.5. The number of amides is 2. The molecule has 1 N–H and O–H groups in total. The van der Waals surface area contributed by atoms with Crippen LogP contribution in [0.5, 0.6) is 0 Å². The van der Waals surface area contributed by atoms with Crippen molar-refractivity contribution in [2.75, 3.05) is 59.0 Å². The number of H-pyrrole nitrogens is 1. The molecule has 0 saturated carbocycles. The second kappa shape index (κ2) is 9.01. The minimum Gasteiger partial charge on any atom is -0.379 e. The zero-order chi connectivity index (χ0) is 21.2. The summed E-state index contributed by atoms with van der Waals surface area (Å²) < 4.78 is 5.36. The summed E-state index contributed by atoms with van der Waals surface area (Å²) >= 11 is 0. The smallest absolute Gasteiger partial charge is 0.256 e. The molecule has 31 heavy (non-hydrogen) atoms. The Morgan fingerprint density at radius 3 is 2.45 bits per heavy atom. The van der Waals surface area contributed by atoms with Crippen LogP contribution in [0.1, 0.15) is 40.9 Å². The standard InChI is InChI=1S/C24H32N4O3/c29-22(17-26-13-15-31-16-14-26)27-9-11-28(12-10-27)24(30)20-7-4-6-19-18-5-2-1-3-8-21(18)25-23(19)20/h4,6-7,25H,1-3,5,8-17H2. The van der Waals surface area contributed by atoms with Gasteiger partial charge in [0.25, 0.3) is 5.91 Å². The fraction of sp³-hybridized carbons (Fsp3) is 0.583. The fourth-order valence-electron chi connectivity index (χ4n) is 5.16. The van der Waals surface area contributed by atoms with Crippen molar-refractivity contribution in [3.05, 3.63) is 35.0 Å². The highest BCUT2D eigenvalue weighted by Gasteiger charge is 2.28. The first-order valence-corrected chi connectivity index (χ1v) is 11.7. The lowest BCUT2D eigenvalue weighted by molar-refractivity contribution is -0.134. The van der Waals surface area contributed by atoms with E-state index in [0.717, 1.165) is 37.0 Å². The van der Waals surface area contributed by atoms with Gasteiger partial charge in [0, 0.05) is 50.3 Å². The topological polar surface area (TPSA) is 68.9 Å². The van der Waals surface area contributed by atoms with E-state index >= 15 is 0 Å². The third-order valence-corrected chi connectivity index (χ3v) is 7.00. The Bertz CT molecular complexity index is 955. The Morgan fingerprint density at radius 2 is 1.65 bits per heavy atom. The van der Waals surface area contributed by atoms with E-state index in [2.05, 4.69) is 16.0 Å². The van der Waals surface area contributed by atoms with E-state index in [1.807, 2.05) is 21.9 Å². The molecule has 1 aliphatic carbocycles. The number of aromatic amines is 1. The van der Waals surface area contributed by atoms with Crippen LogP contribution in [0.25, 0.3) is 10.9 Å². The zero-order valence-electron chi connectivity index (χ0n) is 18.2. The van der Waals surface area contributed by atoms with Gasteiger partial charge in [-0.15, -0.1) is 0 Å². The van der Waals surface area contributed by atoms with Crippen molar-refractivity contribution in [2.24, 2.45) is 0 Å². The van der Waals surface area contributed by atoms with Gasteiger partial charge in [0.05, 0.1) is 30.8 Å². The van der Waals surface area contributed by atoms with Gasteiger partial charge < -0.3 is 19.5 Å². The number of carbonyl (C=O) groups excluding carboxylic acids is 2. The molecular weight excluding hydrogens is 392 g/mol. The van der Waals surface area contributed by atoms with Crippen LogP contribution in [0.4, 0.5) is 0 Å². The summed E-state index contributed by atoms with van der Waals surface area (Å²) in [5.41, 5.74) is 4.47. The Hall–Kier alpha value is -2.38. The molecule has 1 aromatic carbocycles. The third-order valence-electron chi connectivity index (χ3n) is 7.00. The van der Waals surface area contributed by atoms with Gasteiger partial charge in [0.1, 0.15) is 0 Å². The number of nitrogens with zero attached hydrogens (tertiary/aromatic N) is 3. The van der Waals surface area contributed by atoms with E-state index in [1.54, 1.807) is 0 Å². The van der Waals surface area contributed by atoms with E-state index < -0.39 is 0 Å². The predicted molar refractivity (Wildman–Crippen MR) is 119 cm³/mol. The molecule has 7 heteroatoms. The van der Waals surface area contributed by atoms with Gasteiger partial charge in [-0.3, -0.25) is 14.5 Å². The third kappa shape index (κ3) is 4.21. The summed E-state index contributed by atoms with van der Waals surface area (Å²) in [6.45, 7) is 5.85. The maximum Gasteiger partial charge on any atom is 0.256 e. The molecule has 2 fully saturated rings. The molecule has 0 radical (unpaired) electrons. The average molecular weight is 425 g/mol. The molecule has 1 aromatic heterocycles. The van der Waals surface area contributed by atoms with Crippen molar-refractivity contribution in [1.82, 2.24) is 19.7 Å². The summed E-state index contributed by atoms with van der Waals surface area (Å²) in [5.74, 6) is 0.228. The van der Waals surface area contributed by atoms with Crippen LogP contribution in [-0.2, 0) is 22.4 Å². The average Bonchev–Trinajstić information content (AvgIpc) is 3.00. The van der Waals surface area contributed by atoms with Crippen LogP contribution in [0.2, 0.25) is 0 Å². The Labute approximate surface area is 183 Å². The number of benzene rings is 1. The van der Waals surface area contributed by atoms with E-state index in [0.29, 0.717) is 45.9 Å². The molecular formula is C24H32N4O3. The Kier molecular flexibility index (Phi) is 5.96. The van der Waals surface area contributed by atoms with Gasteiger partial charge in [0.15, 0.2) is 0 Å². The lowest BCUT2D eigenvalue weighted by atomic mass is 10.0. The molecule has 7 nitrogen and oxygen atoms in total. The molecule has 0 atom stereocenters. The second-order valence-electron chi connectivity index (χ2n) is 8.93. The minimum atomic E-state index is 0.0716. The number of fused-ring (bicyclic) bond motifs is 3. The fourth-order valence-corrected chi connectivity index (χ4v) is 5.16. The molecule has 166 valence electrons. The van der Waals surface area contributed by atoms with Crippen molar-refractivity contribution in [1.29, 1.82) is 0 Å². The van der Waals surface area contributed by atoms with Crippen LogP contribution in [0.15, 0.2) is 18.2 Å². The molecule has 2 aromatic rings. The van der Waals surface area contributed by atoms with E-state index in [4.69, 9.17) is 4.74 Å². The first-order chi connectivity index (χ1) is 15.2. The maximum atomic E-state index is 13.4. The van der Waals surface area contributed by atoms with E-state index in [9.17, 15) is 9.59 Å². The SMILES string of the molecule is O=C(CN1CCOCC1)N1CCN(C(=O)c2cccc3c4c([nH]c23)CCCCC4)CC1. The molecule has 3 aliphatic rings. The predicted octanol–water partition coefficient (Wildman–Crippen LogP) is 2.05. The van der Waals surface area contributed by atoms with Gasteiger partial charge in [-0.05, 0) is 37.3 Å². The number of aromatic nitrogens is 1. The molecule has 0 spiro atoms. The molecule has 2 amide bonds. The number of ether oxygens (including phenoxy) is 1. The first-order valence-electron chi connectivity index (χ1n) is 11.7. The molecule has 2 saturated heterocycles. The Morgan fingerprint density at radius 1 is 0.903 bits per heavy atom. The van der Waals surface area contributed by atoms with Crippen molar-refractivity contribution < 1.29 is 14.3 Å². The van der Waals surface area contributed by atoms with Crippen LogP contribution in [0, 0.1) is 0 Å². The molecule has 0 unspecified atom stereocenters. The molecule has 3 heterocycles. The lowest BCUT2D eigenvalue weighted by Crippen LogP contribution is -2.53. The summed E-state index contributed by atoms with van der Waals surface area (Å²) in [5, 5.41) is 1.21. The lowest BCUT2D eigenvalue weighted by Gasteiger charge is -2.36. The number of carbonyl (C=O) groups is 2. The number of hydrogen-bond acceptors (Lipinski definition) is 4. The van der Waals surface area contributed by atoms with Crippen molar-refractivity contribution >= 4 is 22.7 Å². The van der Waals surface area contributed by atoms with Crippen LogP contribution in [-0.4, -0.2) is 90.5 Å². The van der Waals surface area contributed by atoms with Gasteiger partial charge in [0.2, 0.25) is 5.91 Å². The van der Waals surface area contributed by atoms with Gasteiger partial charge in [-0.25, -0.2) is 0 Å². The van der Waals surface area contributed by atoms with Crippen molar-refractivity contribution in [2.45, 2.75) is 32.1 Å². The van der Waals surface area contributed by atoms with Crippen LogP contribution < -0.4 is 0 Å². The summed E-state index contributed by atoms with van der Waals surface area (Å²) in [4.78, 5) is 35.6. The van der Waals surface area contributed by atoms with Gasteiger partial charge >= 0.3 is 0 Å². The summed E-state index contributed by atoms with van der Waals surface area (Å²) in [6, 6.07) is 6.10. The summed E-state index contributed by atoms with van der Waals surface area (Å²) in [6.07, 6.45) is 5.87. The van der Waals surface area contributed by atoms with Crippen molar-refractivity contribution in [3.8, 4) is 0 Å². The number of rotatable bonds is 3. The van der Waals surface area contributed by atoms with Gasteiger partial charge in [-0.1, -0.05) is 18.6 Å². The number of morpholine rings is 1. The van der Waals surface area contributed by atoms with Crippen molar-refractivity contribution in [3.63, 3.8) is 0 Å². The van der Waals surface area contributed by atoms with Gasteiger partial charge in [-0.2, -0.15) is 0 Å². The second-order valence-corrected chi connectivity index (χ2v) is 8.93. The largest absolute Gasteiger partial charge is 0.379 e. The minimum absolute atomic E-state index is 0.0716. The van der Waals surface area contributed by atoms with Crippen LogP contribution >= 0.6 is 0 Å². The number of aryl methyl sites for hydroxylation is 2.